The molecule has 1 aliphatic rings. The summed E-state index contributed by atoms with van der Waals surface area (Å²) in [4.78, 5) is 15.5. The number of carbonyl (C=O) groups is 1. The lowest BCUT2D eigenvalue weighted by atomic mass is 9.98. The largest absolute Gasteiger partial charge is 0.398 e. The van der Waals surface area contributed by atoms with Crippen molar-refractivity contribution in [2.24, 2.45) is 0 Å². The molecule has 2 unspecified atom stereocenters. The number of piperidine rings is 1. The summed E-state index contributed by atoms with van der Waals surface area (Å²) in [7, 11) is 0. The van der Waals surface area contributed by atoms with Gasteiger partial charge < -0.3 is 10.6 Å². The van der Waals surface area contributed by atoms with Crippen LogP contribution in [-0.2, 0) is 4.79 Å². The average Bonchev–Trinajstić information content (AvgIpc) is 2.37. The molecule has 20 heavy (non-hydrogen) atoms. The second-order valence-corrected chi connectivity index (χ2v) is 6.78. The topological polar surface area (TPSA) is 46.3 Å². The zero-order chi connectivity index (χ0) is 14.7. The van der Waals surface area contributed by atoms with E-state index in [1.807, 2.05) is 25.1 Å². The van der Waals surface area contributed by atoms with E-state index in [2.05, 4.69) is 18.7 Å². The van der Waals surface area contributed by atoms with Gasteiger partial charge in [-0.15, -0.1) is 11.8 Å². The van der Waals surface area contributed by atoms with Gasteiger partial charge in [-0.1, -0.05) is 6.07 Å². The third-order valence-corrected chi connectivity index (χ3v) is 5.07. The Morgan fingerprint density at radius 3 is 2.60 bits per heavy atom. The van der Waals surface area contributed by atoms with Gasteiger partial charge >= 0.3 is 0 Å². The molecule has 1 heterocycles. The van der Waals surface area contributed by atoms with Gasteiger partial charge in [-0.25, -0.2) is 0 Å². The third kappa shape index (κ3) is 3.48. The van der Waals surface area contributed by atoms with Gasteiger partial charge in [0, 0.05) is 22.7 Å². The van der Waals surface area contributed by atoms with Crippen LogP contribution in [0.3, 0.4) is 0 Å². The van der Waals surface area contributed by atoms with Crippen molar-refractivity contribution in [3.05, 3.63) is 23.8 Å². The van der Waals surface area contributed by atoms with Gasteiger partial charge in [-0.05, 0) is 57.7 Å². The number of nitrogens with zero attached hydrogens (tertiary/aromatic N) is 1. The molecule has 0 aliphatic carbocycles. The van der Waals surface area contributed by atoms with Crippen LogP contribution in [0.5, 0.6) is 0 Å². The van der Waals surface area contributed by atoms with Crippen LogP contribution in [0.15, 0.2) is 23.1 Å². The van der Waals surface area contributed by atoms with Gasteiger partial charge in [0.05, 0.1) is 5.75 Å². The molecule has 1 aromatic rings. The van der Waals surface area contributed by atoms with Crippen molar-refractivity contribution in [1.82, 2.24) is 4.90 Å². The number of nitrogen functional groups attached to an aromatic ring is 1. The minimum absolute atomic E-state index is 0.231. The van der Waals surface area contributed by atoms with Crippen LogP contribution >= 0.6 is 11.8 Å². The molecule has 1 aliphatic heterocycles. The zero-order valence-corrected chi connectivity index (χ0v) is 13.4. The molecule has 3 nitrogen and oxygen atoms in total. The molecule has 4 heteroatoms. The SMILES string of the molecule is Cc1ccc(SCC(=O)N2C(C)CCCC2C)c(N)c1. The highest BCUT2D eigenvalue weighted by Gasteiger charge is 2.28. The van der Waals surface area contributed by atoms with Crippen LogP contribution in [0.1, 0.15) is 38.7 Å². The molecule has 110 valence electrons. The fourth-order valence-corrected chi connectivity index (χ4v) is 3.74. The van der Waals surface area contributed by atoms with E-state index in [1.54, 1.807) is 11.8 Å². The van der Waals surface area contributed by atoms with E-state index in [-0.39, 0.29) is 5.91 Å². The second-order valence-electron chi connectivity index (χ2n) is 5.76. The number of hydrogen-bond donors (Lipinski definition) is 1. The Hall–Kier alpha value is -1.16. The van der Waals surface area contributed by atoms with Crippen molar-refractivity contribution in [3.8, 4) is 0 Å². The molecule has 0 saturated carbocycles. The molecule has 2 N–H and O–H groups in total. The summed E-state index contributed by atoms with van der Waals surface area (Å²) in [5.41, 5.74) is 7.91. The Bertz CT molecular complexity index is 479. The molecule has 2 atom stereocenters. The van der Waals surface area contributed by atoms with Gasteiger partial charge in [0.2, 0.25) is 5.91 Å². The van der Waals surface area contributed by atoms with Crippen LogP contribution in [0, 0.1) is 6.92 Å². The maximum atomic E-state index is 12.4. The quantitative estimate of drug-likeness (QED) is 0.685. The van der Waals surface area contributed by atoms with E-state index in [0.29, 0.717) is 17.8 Å². The average molecular weight is 292 g/mol. The van der Waals surface area contributed by atoms with E-state index in [4.69, 9.17) is 5.73 Å². The smallest absolute Gasteiger partial charge is 0.233 e. The number of amides is 1. The van der Waals surface area contributed by atoms with Crippen molar-refractivity contribution in [3.63, 3.8) is 0 Å². The molecule has 1 aromatic carbocycles. The fourth-order valence-electron chi connectivity index (χ4n) is 2.93. The molecular formula is C16H24N2OS. The van der Waals surface area contributed by atoms with Crippen molar-refractivity contribution in [2.75, 3.05) is 11.5 Å². The first-order chi connectivity index (χ1) is 9.49. The van der Waals surface area contributed by atoms with Crippen LogP contribution in [-0.4, -0.2) is 28.6 Å². The first-order valence-corrected chi connectivity index (χ1v) is 8.27. The summed E-state index contributed by atoms with van der Waals surface area (Å²) in [6.45, 7) is 6.32. The Balaban J connectivity index is 1.97. The normalized spacial score (nSPS) is 22.9. The van der Waals surface area contributed by atoms with Crippen LogP contribution in [0.4, 0.5) is 5.69 Å². The first kappa shape index (κ1) is 15.2. The standard InChI is InChI=1S/C16H24N2OS/c1-11-7-8-15(14(17)9-11)20-10-16(19)18-12(2)5-4-6-13(18)3/h7-9,12-13H,4-6,10,17H2,1-3H3. The molecule has 0 radical (unpaired) electrons. The van der Waals surface area contributed by atoms with Crippen molar-refractivity contribution < 1.29 is 4.79 Å². The van der Waals surface area contributed by atoms with Crippen LogP contribution in [0.2, 0.25) is 0 Å². The molecular weight excluding hydrogens is 268 g/mol. The summed E-state index contributed by atoms with van der Waals surface area (Å²) in [6.07, 6.45) is 3.46. The monoisotopic (exact) mass is 292 g/mol. The highest BCUT2D eigenvalue weighted by Crippen LogP contribution is 2.28. The molecule has 1 fully saturated rings. The lowest BCUT2D eigenvalue weighted by Gasteiger charge is -2.39. The van der Waals surface area contributed by atoms with E-state index in [0.717, 1.165) is 29.0 Å². The number of aryl methyl sites for hydroxylation is 1. The highest BCUT2D eigenvalue weighted by molar-refractivity contribution is 8.00. The predicted molar refractivity (Wildman–Crippen MR) is 85.9 cm³/mol. The number of rotatable bonds is 3. The van der Waals surface area contributed by atoms with Gasteiger partial charge in [0.1, 0.15) is 0 Å². The van der Waals surface area contributed by atoms with Gasteiger partial charge in [0.15, 0.2) is 0 Å². The maximum Gasteiger partial charge on any atom is 0.233 e. The van der Waals surface area contributed by atoms with Gasteiger partial charge in [-0.3, -0.25) is 4.79 Å². The van der Waals surface area contributed by atoms with Crippen LogP contribution in [0.25, 0.3) is 0 Å². The third-order valence-electron chi connectivity index (χ3n) is 4.00. The maximum absolute atomic E-state index is 12.4. The summed E-state index contributed by atoms with van der Waals surface area (Å²) in [5.74, 6) is 0.705. The predicted octanol–water partition coefficient (Wildman–Crippen LogP) is 3.46. The minimum Gasteiger partial charge on any atom is -0.398 e. The van der Waals surface area contributed by atoms with Crippen molar-refractivity contribution in [1.29, 1.82) is 0 Å². The Morgan fingerprint density at radius 2 is 2.00 bits per heavy atom. The summed E-state index contributed by atoms with van der Waals surface area (Å²) >= 11 is 1.55. The number of nitrogens with two attached hydrogens (primary N) is 1. The molecule has 2 rings (SSSR count). The lowest BCUT2D eigenvalue weighted by Crippen LogP contribution is -2.48. The van der Waals surface area contributed by atoms with Crippen molar-refractivity contribution in [2.45, 2.75) is 57.0 Å². The lowest BCUT2D eigenvalue weighted by molar-refractivity contribution is -0.134. The summed E-state index contributed by atoms with van der Waals surface area (Å²) in [6, 6.07) is 6.73. The van der Waals surface area contributed by atoms with E-state index in [9.17, 15) is 4.79 Å². The zero-order valence-electron chi connectivity index (χ0n) is 12.6. The first-order valence-electron chi connectivity index (χ1n) is 7.29. The number of anilines is 1. The van der Waals surface area contributed by atoms with E-state index in [1.165, 1.54) is 6.42 Å². The highest BCUT2D eigenvalue weighted by atomic mass is 32.2. The molecule has 0 aromatic heterocycles. The number of benzene rings is 1. The number of likely N-dealkylation sites (tertiary alicyclic amines) is 1. The molecule has 0 spiro atoms. The van der Waals surface area contributed by atoms with Gasteiger partial charge in [-0.2, -0.15) is 0 Å². The van der Waals surface area contributed by atoms with Gasteiger partial charge in [0.25, 0.3) is 0 Å². The van der Waals surface area contributed by atoms with Crippen molar-refractivity contribution >= 4 is 23.4 Å². The summed E-state index contributed by atoms with van der Waals surface area (Å²) in [5, 5.41) is 0. The Morgan fingerprint density at radius 1 is 1.35 bits per heavy atom. The van der Waals surface area contributed by atoms with E-state index < -0.39 is 0 Å². The fraction of sp³-hybridized carbons (Fsp3) is 0.562. The molecule has 1 saturated heterocycles. The minimum atomic E-state index is 0.231. The molecule has 1 amide bonds. The van der Waals surface area contributed by atoms with E-state index >= 15 is 0 Å². The summed E-state index contributed by atoms with van der Waals surface area (Å²) < 4.78 is 0. The number of carbonyl (C=O) groups excluding carboxylic acids is 1. The number of thioether (sulfide) groups is 1. The Kier molecular flexibility index (Phi) is 4.97. The number of hydrogen-bond acceptors (Lipinski definition) is 3. The van der Waals surface area contributed by atoms with Crippen LogP contribution < -0.4 is 5.73 Å². The molecule has 0 bridgehead atoms. The Labute approximate surface area is 125 Å². The second kappa shape index (κ2) is 6.53.